The average molecular weight is 776 g/mol. The fourth-order valence-electron chi connectivity index (χ4n) is 12.1. The predicted molar refractivity (Wildman–Crippen MR) is 235 cm³/mol. The van der Waals surface area contributed by atoms with Crippen LogP contribution in [0.3, 0.4) is 0 Å². The second-order valence-electron chi connectivity index (χ2n) is 16.9. The molecule has 3 nitrogen and oxygen atoms in total. The lowest BCUT2D eigenvalue weighted by Gasteiger charge is -2.63. The number of benzene rings is 7. The second-order valence-corrected chi connectivity index (χ2v) is 19.9. The van der Waals surface area contributed by atoms with Gasteiger partial charge in [-0.2, -0.15) is 0 Å². The lowest BCUT2D eigenvalue weighted by Crippen LogP contribution is -2.57. The Hall–Kier alpha value is -5.49. The molecule has 8 aromatic rings. The zero-order valence-electron chi connectivity index (χ0n) is 31.5. The molecule has 1 spiro atoms. The molecule has 0 amide bonds. The van der Waals surface area contributed by atoms with E-state index >= 15 is 0 Å². The van der Waals surface area contributed by atoms with Crippen LogP contribution >= 0.6 is 11.3 Å². The summed E-state index contributed by atoms with van der Waals surface area (Å²) in [6.45, 7) is 0. The summed E-state index contributed by atoms with van der Waals surface area (Å²) in [5.41, 5.74) is 9.41. The van der Waals surface area contributed by atoms with Crippen molar-refractivity contribution in [3.63, 3.8) is 0 Å². The van der Waals surface area contributed by atoms with Gasteiger partial charge in [0.25, 0.3) is 0 Å². The quantitative estimate of drug-likeness (QED) is 0.175. The van der Waals surface area contributed by atoms with Crippen LogP contribution in [0.25, 0.3) is 42.4 Å². The highest BCUT2D eigenvalue weighted by Crippen LogP contribution is 2.68. The number of para-hydroxylation sites is 1. The van der Waals surface area contributed by atoms with E-state index in [9.17, 15) is 8.42 Å². The van der Waals surface area contributed by atoms with Crippen LogP contribution in [0.2, 0.25) is 0 Å². The summed E-state index contributed by atoms with van der Waals surface area (Å²) in [6.07, 6.45) is 6.16. The minimum Gasteiger partial charge on any atom is -0.310 e. The lowest BCUT2D eigenvalue weighted by atomic mass is 9.42. The van der Waals surface area contributed by atoms with Crippen molar-refractivity contribution in [1.29, 1.82) is 0 Å². The minimum absolute atomic E-state index is 0.255. The topological polar surface area (TPSA) is 37.4 Å². The lowest BCUT2D eigenvalue weighted by molar-refractivity contribution is -0.0446. The highest BCUT2D eigenvalue weighted by Gasteiger charge is 2.62. The van der Waals surface area contributed by atoms with E-state index in [1.54, 1.807) is 0 Å². The Kier molecular flexibility index (Phi) is 7.38. The maximum absolute atomic E-state index is 14.8. The number of thiophene rings is 1. The van der Waals surface area contributed by atoms with Gasteiger partial charge in [-0.05, 0) is 144 Å². The zero-order chi connectivity index (χ0) is 37.9. The summed E-state index contributed by atoms with van der Waals surface area (Å²) in [5, 5.41) is 2.60. The van der Waals surface area contributed by atoms with Gasteiger partial charge in [0.2, 0.25) is 9.84 Å². The molecule has 5 aliphatic rings. The van der Waals surface area contributed by atoms with Crippen molar-refractivity contribution in [2.24, 2.45) is 23.7 Å². The first kappa shape index (κ1) is 33.6. The van der Waals surface area contributed by atoms with Gasteiger partial charge in [-0.25, -0.2) is 8.42 Å². The fourth-order valence-corrected chi connectivity index (χ4v) is 15.1. The van der Waals surface area contributed by atoms with Crippen molar-refractivity contribution in [3.8, 4) is 22.3 Å². The van der Waals surface area contributed by atoms with Crippen molar-refractivity contribution in [2.45, 2.75) is 47.3 Å². The molecule has 0 atom stereocenters. The smallest absolute Gasteiger partial charge is 0.207 e. The number of hydrogen-bond acceptors (Lipinski definition) is 4. The number of hydrogen-bond donors (Lipinski definition) is 0. The van der Waals surface area contributed by atoms with E-state index in [0.29, 0.717) is 21.6 Å². The van der Waals surface area contributed by atoms with E-state index in [2.05, 4.69) is 144 Å². The van der Waals surface area contributed by atoms with Gasteiger partial charge in [-0.1, -0.05) is 109 Å². The molecule has 1 aromatic heterocycles. The largest absolute Gasteiger partial charge is 0.310 e. The van der Waals surface area contributed by atoms with Crippen LogP contribution in [0.5, 0.6) is 0 Å². The van der Waals surface area contributed by atoms with Crippen LogP contribution in [-0.2, 0) is 15.3 Å². The zero-order valence-corrected chi connectivity index (χ0v) is 33.1. The highest BCUT2D eigenvalue weighted by atomic mass is 32.2. The molecule has 7 aromatic carbocycles. The van der Waals surface area contributed by atoms with Gasteiger partial charge >= 0.3 is 0 Å². The van der Waals surface area contributed by atoms with Gasteiger partial charge in [0.1, 0.15) is 0 Å². The third-order valence-corrected chi connectivity index (χ3v) is 17.1. The molecule has 1 aliphatic heterocycles. The van der Waals surface area contributed by atoms with Crippen molar-refractivity contribution >= 4 is 58.4 Å². The van der Waals surface area contributed by atoms with Crippen molar-refractivity contribution in [3.05, 3.63) is 175 Å². The van der Waals surface area contributed by atoms with Crippen LogP contribution < -0.4 is 4.90 Å². The Morgan fingerprint density at radius 3 is 1.88 bits per heavy atom. The van der Waals surface area contributed by atoms with Gasteiger partial charge in [-0.3, -0.25) is 0 Å². The molecule has 57 heavy (non-hydrogen) atoms. The van der Waals surface area contributed by atoms with Crippen molar-refractivity contribution in [1.82, 2.24) is 0 Å². The molecule has 5 heteroatoms. The van der Waals surface area contributed by atoms with Crippen LogP contribution in [-0.4, -0.2) is 8.42 Å². The average Bonchev–Trinajstić information content (AvgIpc) is 3.64. The Labute approximate surface area is 338 Å². The molecule has 0 unspecified atom stereocenters. The van der Waals surface area contributed by atoms with Gasteiger partial charge in [0.05, 0.1) is 9.79 Å². The first-order valence-corrected chi connectivity index (χ1v) is 22.7. The summed E-state index contributed by atoms with van der Waals surface area (Å²) < 4.78 is 32.3. The normalized spacial score (nSPS) is 23.8. The molecule has 2 heterocycles. The van der Waals surface area contributed by atoms with Crippen molar-refractivity contribution < 1.29 is 8.42 Å². The molecular formula is C52H41NO2S2. The molecule has 0 radical (unpaired) electrons. The Morgan fingerprint density at radius 1 is 0.491 bits per heavy atom. The van der Waals surface area contributed by atoms with E-state index in [1.807, 2.05) is 35.6 Å². The van der Waals surface area contributed by atoms with Crippen molar-refractivity contribution in [2.75, 3.05) is 4.90 Å². The monoisotopic (exact) mass is 775 g/mol. The minimum atomic E-state index is -3.76. The summed E-state index contributed by atoms with van der Waals surface area (Å²) in [6, 6.07) is 57.6. The Morgan fingerprint density at radius 2 is 1.09 bits per heavy atom. The molecule has 0 saturated heterocycles. The summed E-state index contributed by atoms with van der Waals surface area (Å²) >= 11 is 1.85. The number of fused-ring (bicyclic) bond motifs is 5. The van der Waals surface area contributed by atoms with Crippen LogP contribution in [0.4, 0.5) is 17.1 Å². The SMILES string of the molecule is O=S1(=O)c2ccccc2C2(c3ccc(N(c4ccccc4)c4ccc(-c5ccccc5-c5cccc6sc7ccccc7c56)cc4)cc31)C1CC3CC(C1)CC2C3. The molecule has 4 fully saturated rings. The molecule has 4 saturated carbocycles. The maximum Gasteiger partial charge on any atom is 0.207 e. The van der Waals surface area contributed by atoms with E-state index in [0.717, 1.165) is 45.6 Å². The number of nitrogens with zero attached hydrogens (tertiary/aromatic N) is 1. The summed E-state index contributed by atoms with van der Waals surface area (Å²) in [5.74, 6) is 2.50. The Bertz CT molecular complexity index is 2970. The number of sulfone groups is 1. The molecular weight excluding hydrogens is 735 g/mol. The number of anilines is 3. The highest BCUT2D eigenvalue weighted by molar-refractivity contribution is 7.91. The fraction of sp³-hybridized carbons (Fsp3) is 0.192. The van der Waals surface area contributed by atoms with E-state index in [-0.39, 0.29) is 5.41 Å². The summed E-state index contributed by atoms with van der Waals surface area (Å²) in [7, 11) is -3.76. The Balaban J connectivity index is 0.989. The third kappa shape index (κ3) is 4.85. The number of rotatable bonds is 5. The van der Waals surface area contributed by atoms with Crippen LogP contribution in [0.1, 0.15) is 43.2 Å². The van der Waals surface area contributed by atoms with Gasteiger partial charge in [-0.15, -0.1) is 11.3 Å². The second kappa shape index (κ2) is 12.5. The molecule has 4 aliphatic carbocycles. The van der Waals surface area contributed by atoms with Gasteiger partial charge in [0.15, 0.2) is 0 Å². The van der Waals surface area contributed by atoms with E-state index < -0.39 is 9.84 Å². The van der Waals surface area contributed by atoms with E-state index in [1.165, 1.54) is 69.0 Å². The van der Waals surface area contributed by atoms with Gasteiger partial charge in [0, 0.05) is 42.6 Å². The van der Waals surface area contributed by atoms with E-state index in [4.69, 9.17) is 0 Å². The predicted octanol–water partition coefficient (Wildman–Crippen LogP) is 13.7. The molecule has 278 valence electrons. The molecule has 13 rings (SSSR count). The standard InChI is InChI=1S/C52H41NO2S2/c54-57(55)49-20-9-7-17-45(49)52(36-28-33-27-34(30-36)31-37(52)29-33)46-26-25-40(32-50(46)57)53(38-11-2-1-3-12-38)39-23-21-35(22-24-39)41-13-4-5-14-42(41)43-16-10-19-48-51(43)44-15-6-8-18-47(44)56-48/h1-26,32-34,36-37H,27-31H2. The summed E-state index contributed by atoms with van der Waals surface area (Å²) in [4.78, 5) is 3.23. The van der Waals surface area contributed by atoms with Crippen LogP contribution in [0.15, 0.2) is 174 Å². The van der Waals surface area contributed by atoms with Gasteiger partial charge < -0.3 is 4.90 Å². The molecule has 4 bridgehead atoms. The third-order valence-electron chi connectivity index (χ3n) is 14.1. The molecule has 0 N–H and O–H groups in total. The maximum atomic E-state index is 14.8. The first-order valence-electron chi connectivity index (χ1n) is 20.4. The first-order chi connectivity index (χ1) is 28.0. The van der Waals surface area contributed by atoms with Crippen LogP contribution in [0, 0.1) is 23.7 Å².